The van der Waals surface area contributed by atoms with Crippen molar-refractivity contribution in [3.8, 4) is 0 Å². The van der Waals surface area contributed by atoms with Crippen molar-refractivity contribution in [2.45, 2.75) is 48.7 Å². The molecule has 2 rings (SSSR count). The monoisotopic (exact) mass is 550 g/mol. The van der Waals surface area contributed by atoms with Gasteiger partial charge >= 0.3 is 24.7 Å². The largest absolute Gasteiger partial charge is 0.426 e. The topological polar surface area (TPSA) is 9.23 Å². The summed E-state index contributed by atoms with van der Waals surface area (Å²) < 4.78 is 170. The van der Waals surface area contributed by atoms with Gasteiger partial charge in [-0.2, -0.15) is 52.7 Å². The van der Waals surface area contributed by atoms with Gasteiger partial charge in [-0.1, -0.05) is 85.0 Å². The van der Waals surface area contributed by atoms with Crippen LogP contribution in [-0.4, -0.2) is 35.9 Å². The summed E-state index contributed by atoms with van der Waals surface area (Å²) in [5.74, 6) is 0. The average Bonchev–Trinajstić information content (AvgIpc) is 2.75. The quantitative estimate of drug-likeness (QED) is 0.298. The summed E-state index contributed by atoms with van der Waals surface area (Å²) in [7, 11) is 0. The summed E-state index contributed by atoms with van der Waals surface area (Å²) in [4.78, 5) is 0. The molecule has 0 atom stereocenters. The van der Waals surface area contributed by atoms with Gasteiger partial charge in [0.25, 0.3) is 11.2 Å². The van der Waals surface area contributed by atoms with Gasteiger partial charge in [0, 0.05) is 12.8 Å². The normalized spacial score (nSPS) is 14.6. The van der Waals surface area contributed by atoms with E-state index in [4.69, 9.17) is 0 Å². The zero-order chi connectivity index (χ0) is 28.2. The van der Waals surface area contributed by atoms with Gasteiger partial charge in [-0.15, -0.1) is 0 Å². The first-order valence-corrected chi connectivity index (χ1v) is 10.3. The summed E-state index contributed by atoms with van der Waals surface area (Å²) >= 11 is 0. The van der Waals surface area contributed by atoms with Crippen molar-refractivity contribution in [3.63, 3.8) is 0 Å². The maximum atomic E-state index is 13.9. The summed E-state index contributed by atoms with van der Waals surface area (Å²) in [6, 6.07) is 13.3. The molecule has 0 aromatic heterocycles. The molecule has 0 radical (unpaired) electrons. The minimum Gasteiger partial charge on any atom is -0.333 e. The molecule has 0 heterocycles. The van der Waals surface area contributed by atoms with Crippen LogP contribution in [0, 0.1) is 0 Å². The van der Waals surface area contributed by atoms with Crippen LogP contribution in [0.5, 0.6) is 0 Å². The van der Waals surface area contributed by atoms with Gasteiger partial charge in [-0.05, 0) is 11.1 Å². The van der Waals surface area contributed by atoms with Crippen LogP contribution in [0.25, 0.3) is 12.2 Å². The molecule has 0 spiro atoms. The maximum absolute atomic E-state index is 13.9. The Balaban J connectivity index is 2.67. The van der Waals surface area contributed by atoms with Crippen LogP contribution in [0.15, 0.2) is 72.8 Å². The number of hydrogen-bond acceptors (Lipinski definition) is 1. The fourth-order valence-electron chi connectivity index (χ4n) is 3.25. The van der Waals surface area contributed by atoms with Gasteiger partial charge in [-0.25, -0.2) is 0 Å². The van der Waals surface area contributed by atoms with Crippen molar-refractivity contribution < 1.29 is 57.4 Å². The SMILES string of the molecule is FC(F)(F)C(CC=Cc1ccccc1)(OC(CC=Cc1ccccc1)(C(F)(F)F)C(F)(F)F)C(F)(F)F. The van der Waals surface area contributed by atoms with E-state index in [1.807, 2.05) is 0 Å². The molecule has 0 saturated carbocycles. The van der Waals surface area contributed by atoms with Crippen LogP contribution in [0.2, 0.25) is 0 Å². The number of alkyl halides is 12. The van der Waals surface area contributed by atoms with Crippen LogP contribution >= 0.6 is 0 Å². The maximum Gasteiger partial charge on any atom is 0.426 e. The number of ether oxygens (including phenoxy) is 1. The molecule has 0 fully saturated rings. The van der Waals surface area contributed by atoms with Gasteiger partial charge in [0.1, 0.15) is 0 Å². The van der Waals surface area contributed by atoms with Crippen LogP contribution in [-0.2, 0) is 4.74 Å². The van der Waals surface area contributed by atoms with E-state index in [0.717, 1.165) is 0 Å². The van der Waals surface area contributed by atoms with E-state index in [9.17, 15) is 52.7 Å². The molecule has 204 valence electrons. The second kappa shape index (κ2) is 10.8. The molecule has 0 amide bonds. The van der Waals surface area contributed by atoms with E-state index < -0.39 is 48.7 Å². The highest BCUT2D eigenvalue weighted by atomic mass is 19.4. The van der Waals surface area contributed by atoms with Crippen molar-refractivity contribution in [2.24, 2.45) is 0 Å². The minimum absolute atomic E-state index is 0.0458. The van der Waals surface area contributed by atoms with Crippen molar-refractivity contribution in [1.82, 2.24) is 0 Å². The number of hydrogen-bond donors (Lipinski definition) is 0. The molecule has 37 heavy (non-hydrogen) atoms. The van der Waals surface area contributed by atoms with Gasteiger partial charge < -0.3 is 4.74 Å². The molecule has 0 N–H and O–H groups in total. The van der Waals surface area contributed by atoms with Gasteiger partial charge in [0.05, 0.1) is 0 Å². The predicted octanol–water partition coefficient (Wildman–Crippen LogP) is 8.94. The molecule has 0 saturated heterocycles. The Hall–Kier alpha value is -2.96. The van der Waals surface area contributed by atoms with E-state index in [1.165, 1.54) is 60.7 Å². The Bertz CT molecular complexity index is 932. The molecule has 0 aliphatic rings. The fraction of sp³-hybridized carbons (Fsp3) is 0.333. The van der Waals surface area contributed by atoms with Gasteiger partial charge in [0.2, 0.25) is 0 Å². The standard InChI is InChI=1S/C24H18F12O/c25-21(26,27)19(22(28,29)30,15-7-13-17-9-3-1-4-10-17)37-20(23(31,32)33,24(34,35)36)16-8-14-18-11-5-2-6-12-18/h1-14H,15-16H2. The van der Waals surface area contributed by atoms with Crippen LogP contribution in [0.1, 0.15) is 24.0 Å². The lowest BCUT2D eigenvalue weighted by molar-refractivity contribution is -0.466. The lowest BCUT2D eigenvalue weighted by atomic mass is 9.91. The fourth-order valence-corrected chi connectivity index (χ4v) is 3.25. The van der Waals surface area contributed by atoms with Crippen molar-refractivity contribution in [3.05, 3.63) is 83.9 Å². The Morgan fingerprint density at radius 1 is 0.459 bits per heavy atom. The molecule has 2 aromatic rings. The summed E-state index contributed by atoms with van der Waals surface area (Å²) in [5.41, 5.74) is -11.6. The van der Waals surface area contributed by atoms with Crippen LogP contribution in [0.4, 0.5) is 52.7 Å². The number of rotatable bonds is 8. The molecule has 0 bridgehead atoms. The Kier molecular flexibility index (Phi) is 8.83. The van der Waals surface area contributed by atoms with Gasteiger partial charge in [0.15, 0.2) is 0 Å². The van der Waals surface area contributed by atoms with Crippen LogP contribution < -0.4 is 0 Å². The van der Waals surface area contributed by atoms with Crippen LogP contribution in [0.3, 0.4) is 0 Å². The third-order valence-electron chi connectivity index (χ3n) is 5.21. The molecule has 1 nitrogen and oxygen atoms in total. The first kappa shape index (κ1) is 30.3. The second-order valence-electron chi connectivity index (χ2n) is 7.78. The molecular formula is C24H18F12O. The second-order valence-corrected chi connectivity index (χ2v) is 7.78. The van der Waals surface area contributed by atoms with Crippen molar-refractivity contribution in [2.75, 3.05) is 0 Å². The Morgan fingerprint density at radius 3 is 0.973 bits per heavy atom. The average molecular weight is 550 g/mol. The van der Waals surface area contributed by atoms with Gasteiger partial charge in [-0.3, -0.25) is 0 Å². The molecule has 0 unspecified atom stereocenters. The predicted molar refractivity (Wildman–Crippen MR) is 111 cm³/mol. The first-order chi connectivity index (χ1) is 16.9. The third kappa shape index (κ3) is 6.68. The third-order valence-corrected chi connectivity index (χ3v) is 5.21. The van der Waals surface area contributed by atoms with E-state index in [-0.39, 0.29) is 23.3 Å². The smallest absolute Gasteiger partial charge is 0.333 e. The van der Waals surface area contributed by atoms with E-state index in [2.05, 4.69) is 4.74 Å². The number of halogens is 12. The molecule has 0 aliphatic heterocycles. The van der Waals surface area contributed by atoms with E-state index in [1.54, 1.807) is 0 Å². The Labute approximate surface area is 203 Å². The number of benzene rings is 2. The Morgan fingerprint density at radius 2 is 0.730 bits per heavy atom. The molecule has 2 aromatic carbocycles. The zero-order valence-electron chi connectivity index (χ0n) is 18.4. The highest BCUT2D eigenvalue weighted by Gasteiger charge is 2.81. The van der Waals surface area contributed by atoms with Crippen molar-refractivity contribution >= 4 is 12.2 Å². The lowest BCUT2D eigenvalue weighted by Gasteiger charge is -2.45. The minimum atomic E-state index is -6.73. The highest BCUT2D eigenvalue weighted by molar-refractivity contribution is 5.49. The van der Waals surface area contributed by atoms with E-state index in [0.29, 0.717) is 12.2 Å². The van der Waals surface area contributed by atoms with E-state index >= 15 is 0 Å². The zero-order valence-corrected chi connectivity index (χ0v) is 18.4. The molecule has 0 aliphatic carbocycles. The lowest BCUT2D eigenvalue weighted by Crippen LogP contribution is -2.69. The molecular weight excluding hydrogens is 532 g/mol. The summed E-state index contributed by atoms with van der Waals surface area (Å²) in [5, 5.41) is 0. The summed E-state index contributed by atoms with van der Waals surface area (Å²) in [6.45, 7) is 0. The molecule has 13 heteroatoms. The summed E-state index contributed by atoms with van der Waals surface area (Å²) in [6.07, 6.45) is -30.0. The highest BCUT2D eigenvalue weighted by Crippen LogP contribution is 2.57. The first-order valence-electron chi connectivity index (χ1n) is 10.3. The van der Waals surface area contributed by atoms with Crippen molar-refractivity contribution in [1.29, 1.82) is 0 Å².